The summed E-state index contributed by atoms with van der Waals surface area (Å²) in [6, 6.07) is 4.57. The molecule has 102 valence electrons. The van der Waals surface area contributed by atoms with Crippen molar-refractivity contribution < 1.29 is 9.50 Å². The van der Waals surface area contributed by atoms with Gasteiger partial charge in [-0.1, -0.05) is 28.9 Å². The van der Waals surface area contributed by atoms with Crippen LogP contribution in [0, 0.1) is 5.82 Å². The summed E-state index contributed by atoms with van der Waals surface area (Å²) >= 11 is 3.34. The minimum Gasteiger partial charge on any atom is -0.391 e. The van der Waals surface area contributed by atoms with Crippen LogP contribution >= 0.6 is 15.9 Å². The fourth-order valence-electron chi connectivity index (χ4n) is 1.97. The van der Waals surface area contributed by atoms with Crippen molar-refractivity contribution in [3.05, 3.63) is 34.1 Å². The van der Waals surface area contributed by atoms with E-state index in [1.165, 1.54) is 12.1 Å². The van der Waals surface area contributed by atoms with E-state index in [0.717, 1.165) is 12.0 Å². The van der Waals surface area contributed by atoms with Crippen molar-refractivity contribution >= 4 is 15.9 Å². The summed E-state index contributed by atoms with van der Waals surface area (Å²) in [5, 5.41) is 10.4. The maximum absolute atomic E-state index is 13.0. The van der Waals surface area contributed by atoms with Crippen LogP contribution < -0.4 is 0 Å². The molecule has 0 aliphatic carbocycles. The Morgan fingerprint density at radius 3 is 2.50 bits per heavy atom. The lowest BCUT2D eigenvalue weighted by Gasteiger charge is -2.40. The fraction of sp³-hybridized carbons (Fsp3) is 0.571. The first kappa shape index (κ1) is 15.6. The molecule has 1 aromatic rings. The van der Waals surface area contributed by atoms with Crippen molar-refractivity contribution in [2.24, 2.45) is 0 Å². The van der Waals surface area contributed by atoms with Crippen LogP contribution in [0.5, 0.6) is 0 Å². The van der Waals surface area contributed by atoms with Gasteiger partial charge >= 0.3 is 0 Å². The summed E-state index contributed by atoms with van der Waals surface area (Å²) in [5.41, 5.74) is 0.638. The van der Waals surface area contributed by atoms with Crippen LogP contribution in [0.25, 0.3) is 0 Å². The SMILES string of the molecule is CCC(C)(C(O)Cc1ccc(F)cc1Br)N(C)C. The number of aliphatic hydroxyl groups excluding tert-OH is 1. The average Bonchev–Trinajstić information content (AvgIpc) is 2.31. The summed E-state index contributed by atoms with van der Waals surface area (Å²) < 4.78 is 13.7. The van der Waals surface area contributed by atoms with E-state index < -0.39 is 6.10 Å². The molecule has 0 heterocycles. The Morgan fingerprint density at radius 1 is 1.44 bits per heavy atom. The minimum absolute atomic E-state index is 0.272. The number of nitrogens with zero attached hydrogens (tertiary/aromatic N) is 1. The second kappa shape index (κ2) is 6.13. The number of halogens is 2. The third-order valence-electron chi connectivity index (χ3n) is 3.88. The molecule has 0 bridgehead atoms. The molecule has 0 fully saturated rings. The monoisotopic (exact) mass is 317 g/mol. The Labute approximate surface area is 117 Å². The van der Waals surface area contributed by atoms with Crippen LogP contribution in [0.15, 0.2) is 22.7 Å². The van der Waals surface area contributed by atoms with E-state index in [9.17, 15) is 9.50 Å². The summed E-state index contributed by atoms with van der Waals surface area (Å²) in [6.45, 7) is 4.10. The van der Waals surface area contributed by atoms with Gasteiger partial charge in [-0.15, -0.1) is 0 Å². The molecule has 2 nitrogen and oxygen atoms in total. The molecule has 0 aliphatic rings. The second-order valence-corrected chi connectivity index (χ2v) is 5.92. The van der Waals surface area contributed by atoms with Crippen molar-refractivity contribution in [2.75, 3.05) is 14.1 Å². The summed E-state index contributed by atoms with van der Waals surface area (Å²) in [4.78, 5) is 2.04. The molecule has 2 atom stereocenters. The maximum Gasteiger partial charge on any atom is 0.124 e. The Bertz CT molecular complexity index is 411. The van der Waals surface area contributed by atoms with E-state index >= 15 is 0 Å². The van der Waals surface area contributed by atoms with Gasteiger partial charge in [0.2, 0.25) is 0 Å². The van der Waals surface area contributed by atoms with E-state index in [4.69, 9.17) is 0 Å². The van der Waals surface area contributed by atoms with Gasteiger partial charge in [-0.3, -0.25) is 0 Å². The Kier molecular flexibility index (Phi) is 5.32. The quantitative estimate of drug-likeness (QED) is 0.901. The van der Waals surface area contributed by atoms with Gasteiger partial charge in [-0.2, -0.15) is 0 Å². The second-order valence-electron chi connectivity index (χ2n) is 5.06. The highest BCUT2D eigenvalue weighted by Gasteiger charge is 2.33. The van der Waals surface area contributed by atoms with E-state index in [0.29, 0.717) is 10.9 Å². The van der Waals surface area contributed by atoms with E-state index in [-0.39, 0.29) is 11.4 Å². The molecule has 2 unspecified atom stereocenters. The summed E-state index contributed by atoms with van der Waals surface area (Å²) in [6.07, 6.45) is 0.850. The molecule has 1 rings (SSSR count). The molecule has 0 saturated heterocycles. The number of rotatable bonds is 5. The fourth-order valence-corrected chi connectivity index (χ4v) is 2.48. The third-order valence-corrected chi connectivity index (χ3v) is 4.62. The van der Waals surface area contributed by atoms with E-state index in [1.807, 2.05) is 25.9 Å². The zero-order valence-corrected chi connectivity index (χ0v) is 13.0. The van der Waals surface area contributed by atoms with Gasteiger partial charge in [0.1, 0.15) is 5.82 Å². The van der Waals surface area contributed by atoms with Gasteiger partial charge in [0.05, 0.1) is 6.10 Å². The average molecular weight is 318 g/mol. The summed E-state index contributed by atoms with van der Waals surface area (Å²) in [5.74, 6) is -0.272. The van der Waals surface area contributed by atoms with Crippen molar-refractivity contribution in [3.8, 4) is 0 Å². The van der Waals surface area contributed by atoms with E-state index in [1.54, 1.807) is 6.07 Å². The lowest BCUT2D eigenvalue weighted by Crippen LogP contribution is -2.51. The van der Waals surface area contributed by atoms with Gasteiger partial charge < -0.3 is 10.0 Å². The summed E-state index contributed by atoms with van der Waals surface area (Å²) in [7, 11) is 3.93. The first-order valence-corrected chi connectivity index (χ1v) is 6.90. The van der Waals surface area contributed by atoms with Gasteiger partial charge in [0.15, 0.2) is 0 Å². The van der Waals surface area contributed by atoms with Gasteiger partial charge in [0, 0.05) is 16.4 Å². The van der Waals surface area contributed by atoms with Gasteiger partial charge in [-0.25, -0.2) is 4.39 Å². The Balaban J connectivity index is 2.89. The minimum atomic E-state index is -0.501. The lowest BCUT2D eigenvalue weighted by molar-refractivity contribution is 0.00291. The van der Waals surface area contributed by atoms with Crippen molar-refractivity contribution in [2.45, 2.75) is 38.3 Å². The van der Waals surface area contributed by atoms with Gasteiger partial charge in [0.25, 0.3) is 0 Å². The zero-order valence-electron chi connectivity index (χ0n) is 11.4. The molecular weight excluding hydrogens is 297 g/mol. The van der Waals surface area contributed by atoms with Crippen molar-refractivity contribution in [3.63, 3.8) is 0 Å². The van der Waals surface area contributed by atoms with Crippen LogP contribution in [-0.4, -0.2) is 35.7 Å². The van der Waals surface area contributed by atoms with Crippen molar-refractivity contribution in [1.82, 2.24) is 4.90 Å². The predicted octanol–water partition coefficient (Wildman–Crippen LogP) is 3.22. The van der Waals surface area contributed by atoms with E-state index in [2.05, 4.69) is 22.9 Å². The maximum atomic E-state index is 13.0. The lowest BCUT2D eigenvalue weighted by atomic mass is 9.86. The van der Waals surface area contributed by atoms with Crippen molar-refractivity contribution in [1.29, 1.82) is 0 Å². The normalized spacial score (nSPS) is 16.7. The first-order chi connectivity index (χ1) is 8.31. The topological polar surface area (TPSA) is 23.5 Å². The molecular formula is C14H21BrFNO. The third kappa shape index (κ3) is 3.31. The first-order valence-electron chi connectivity index (χ1n) is 6.10. The molecule has 0 aromatic heterocycles. The molecule has 18 heavy (non-hydrogen) atoms. The smallest absolute Gasteiger partial charge is 0.124 e. The van der Waals surface area contributed by atoms with Crippen LogP contribution in [0.1, 0.15) is 25.8 Å². The standard InChI is InChI=1S/C14H21BrFNO/c1-5-14(2,17(3)4)13(18)8-10-6-7-11(16)9-12(10)15/h6-7,9,13,18H,5,8H2,1-4H3. The predicted molar refractivity (Wildman–Crippen MR) is 76.2 cm³/mol. The molecule has 0 amide bonds. The molecule has 0 spiro atoms. The number of likely N-dealkylation sites (N-methyl/N-ethyl adjacent to an activating group) is 1. The number of hydrogen-bond acceptors (Lipinski definition) is 2. The molecule has 1 N–H and O–H groups in total. The Morgan fingerprint density at radius 2 is 2.06 bits per heavy atom. The molecule has 1 aromatic carbocycles. The van der Waals surface area contributed by atoms with Gasteiger partial charge in [-0.05, 0) is 45.1 Å². The molecule has 0 radical (unpaired) electrons. The highest BCUT2D eigenvalue weighted by molar-refractivity contribution is 9.10. The Hall–Kier alpha value is -0.450. The molecule has 4 heteroatoms. The largest absolute Gasteiger partial charge is 0.391 e. The molecule has 0 aliphatic heterocycles. The highest BCUT2D eigenvalue weighted by atomic mass is 79.9. The highest BCUT2D eigenvalue weighted by Crippen LogP contribution is 2.26. The van der Waals surface area contributed by atoms with Crippen LogP contribution in [0.3, 0.4) is 0 Å². The number of benzene rings is 1. The van der Waals surface area contributed by atoms with Crippen LogP contribution in [0.4, 0.5) is 4.39 Å². The zero-order chi connectivity index (χ0) is 13.9. The van der Waals surface area contributed by atoms with Crippen LogP contribution in [-0.2, 0) is 6.42 Å². The number of hydrogen-bond donors (Lipinski definition) is 1. The molecule has 0 saturated carbocycles. The van der Waals surface area contributed by atoms with Crippen LogP contribution in [0.2, 0.25) is 0 Å². The number of aliphatic hydroxyl groups is 1.